The molecule has 1 heterocycles. The SMILES string of the molecule is CCN(Cc1cccc(NC(=O)c2cc(S(=O)(=O)N(CC)CC)cn2C)c1)C(C)=O. The predicted molar refractivity (Wildman–Crippen MR) is 117 cm³/mol. The van der Waals surface area contributed by atoms with Gasteiger partial charge in [0, 0.05) is 52.0 Å². The fourth-order valence-corrected chi connectivity index (χ4v) is 4.75. The average Bonchev–Trinajstić information content (AvgIpc) is 3.09. The Morgan fingerprint density at radius 3 is 2.30 bits per heavy atom. The van der Waals surface area contributed by atoms with E-state index in [0.717, 1.165) is 5.56 Å². The Labute approximate surface area is 178 Å². The number of aromatic nitrogens is 1. The standard InChI is InChI=1S/C21H30N4O4S/c1-6-24(16(4)26)14-17-10-9-11-18(12-17)22-21(27)20-13-19(15-23(20)5)30(28,29)25(7-2)8-3/h9-13,15H,6-8,14H2,1-5H3,(H,22,27). The van der Waals surface area contributed by atoms with Crippen LogP contribution in [0.5, 0.6) is 0 Å². The Balaban J connectivity index is 2.22. The van der Waals surface area contributed by atoms with Crippen molar-refractivity contribution in [2.24, 2.45) is 7.05 Å². The highest BCUT2D eigenvalue weighted by molar-refractivity contribution is 7.89. The molecule has 9 heteroatoms. The third kappa shape index (κ3) is 5.28. The van der Waals surface area contributed by atoms with E-state index in [1.165, 1.54) is 28.1 Å². The third-order valence-corrected chi connectivity index (χ3v) is 6.96. The molecule has 1 aromatic carbocycles. The number of nitrogens with one attached hydrogen (secondary N) is 1. The Hall–Kier alpha value is -2.65. The quantitative estimate of drug-likeness (QED) is 0.657. The van der Waals surface area contributed by atoms with E-state index in [1.807, 2.05) is 13.0 Å². The lowest BCUT2D eigenvalue weighted by Crippen LogP contribution is -2.30. The summed E-state index contributed by atoms with van der Waals surface area (Å²) >= 11 is 0. The maximum Gasteiger partial charge on any atom is 0.272 e. The number of amides is 2. The largest absolute Gasteiger partial charge is 0.345 e. The molecular weight excluding hydrogens is 404 g/mol. The van der Waals surface area contributed by atoms with Gasteiger partial charge in [0.15, 0.2) is 0 Å². The maximum atomic E-state index is 12.8. The monoisotopic (exact) mass is 434 g/mol. The van der Waals surface area contributed by atoms with E-state index < -0.39 is 15.9 Å². The molecular formula is C21H30N4O4S. The number of sulfonamides is 1. The summed E-state index contributed by atoms with van der Waals surface area (Å²) in [6, 6.07) is 8.64. The molecule has 0 aliphatic rings. The van der Waals surface area contributed by atoms with Gasteiger partial charge < -0.3 is 14.8 Å². The lowest BCUT2D eigenvalue weighted by Gasteiger charge is -2.19. The lowest BCUT2D eigenvalue weighted by molar-refractivity contribution is -0.129. The summed E-state index contributed by atoms with van der Waals surface area (Å²) in [7, 11) is -2.01. The number of carbonyl (C=O) groups is 2. The first kappa shape index (κ1) is 23.6. The first-order chi connectivity index (χ1) is 14.1. The molecule has 0 fully saturated rings. The van der Waals surface area contributed by atoms with Crippen molar-refractivity contribution in [3.05, 3.63) is 47.8 Å². The van der Waals surface area contributed by atoms with Gasteiger partial charge in [-0.1, -0.05) is 26.0 Å². The number of benzene rings is 1. The van der Waals surface area contributed by atoms with Gasteiger partial charge in [0.1, 0.15) is 10.6 Å². The van der Waals surface area contributed by atoms with Crippen LogP contribution in [-0.4, -0.2) is 53.6 Å². The molecule has 8 nitrogen and oxygen atoms in total. The predicted octanol–water partition coefficient (Wildman–Crippen LogP) is 2.68. The number of carbonyl (C=O) groups excluding carboxylic acids is 2. The van der Waals surface area contributed by atoms with Crippen LogP contribution in [0, 0.1) is 0 Å². The van der Waals surface area contributed by atoms with Crippen molar-refractivity contribution < 1.29 is 18.0 Å². The number of rotatable bonds is 9. The van der Waals surface area contributed by atoms with Crippen LogP contribution in [-0.2, 0) is 28.4 Å². The zero-order valence-electron chi connectivity index (χ0n) is 18.2. The summed E-state index contributed by atoms with van der Waals surface area (Å²) in [5.74, 6) is -0.424. The van der Waals surface area contributed by atoms with E-state index in [-0.39, 0.29) is 16.5 Å². The van der Waals surface area contributed by atoms with Crippen molar-refractivity contribution in [1.82, 2.24) is 13.8 Å². The van der Waals surface area contributed by atoms with Gasteiger partial charge >= 0.3 is 0 Å². The van der Waals surface area contributed by atoms with Crippen molar-refractivity contribution in [2.75, 3.05) is 25.0 Å². The maximum absolute atomic E-state index is 12.8. The summed E-state index contributed by atoms with van der Waals surface area (Å²) in [5, 5.41) is 2.81. The van der Waals surface area contributed by atoms with Crippen LogP contribution in [0.1, 0.15) is 43.7 Å². The minimum Gasteiger partial charge on any atom is -0.345 e. The van der Waals surface area contributed by atoms with Crippen LogP contribution in [0.25, 0.3) is 0 Å². The molecule has 164 valence electrons. The van der Waals surface area contributed by atoms with Gasteiger partial charge in [0.2, 0.25) is 15.9 Å². The molecule has 30 heavy (non-hydrogen) atoms. The highest BCUT2D eigenvalue weighted by Crippen LogP contribution is 2.20. The van der Waals surface area contributed by atoms with Crippen LogP contribution in [0.4, 0.5) is 5.69 Å². The van der Waals surface area contributed by atoms with Crippen molar-refractivity contribution >= 4 is 27.5 Å². The van der Waals surface area contributed by atoms with E-state index in [4.69, 9.17) is 0 Å². The molecule has 0 aliphatic carbocycles. The second kappa shape index (κ2) is 9.90. The fourth-order valence-electron chi connectivity index (χ4n) is 3.22. The summed E-state index contributed by atoms with van der Waals surface area (Å²) in [4.78, 5) is 26.2. The van der Waals surface area contributed by atoms with Gasteiger partial charge in [0.05, 0.1) is 0 Å². The van der Waals surface area contributed by atoms with Crippen LogP contribution in [0.15, 0.2) is 41.4 Å². The molecule has 0 unspecified atom stereocenters. The van der Waals surface area contributed by atoms with Gasteiger partial charge in [-0.25, -0.2) is 8.42 Å². The van der Waals surface area contributed by atoms with E-state index >= 15 is 0 Å². The Morgan fingerprint density at radius 2 is 1.73 bits per heavy atom. The van der Waals surface area contributed by atoms with E-state index in [1.54, 1.807) is 44.0 Å². The number of aryl methyl sites for hydroxylation is 1. The Bertz CT molecular complexity index is 1010. The van der Waals surface area contributed by atoms with E-state index in [2.05, 4.69) is 5.32 Å². The van der Waals surface area contributed by atoms with Gasteiger partial charge in [-0.15, -0.1) is 0 Å². The van der Waals surface area contributed by atoms with Crippen LogP contribution >= 0.6 is 0 Å². The van der Waals surface area contributed by atoms with Gasteiger partial charge in [-0.3, -0.25) is 9.59 Å². The van der Waals surface area contributed by atoms with E-state index in [9.17, 15) is 18.0 Å². The number of anilines is 1. The molecule has 0 saturated heterocycles. The molecule has 1 aromatic heterocycles. The van der Waals surface area contributed by atoms with Crippen LogP contribution in [0.2, 0.25) is 0 Å². The van der Waals surface area contributed by atoms with Gasteiger partial charge in [-0.2, -0.15) is 4.31 Å². The molecule has 0 aliphatic heterocycles. The highest BCUT2D eigenvalue weighted by Gasteiger charge is 2.25. The lowest BCUT2D eigenvalue weighted by atomic mass is 10.2. The normalized spacial score (nSPS) is 11.5. The van der Waals surface area contributed by atoms with Gasteiger partial charge in [-0.05, 0) is 30.7 Å². The van der Waals surface area contributed by atoms with Crippen molar-refractivity contribution in [1.29, 1.82) is 0 Å². The molecule has 0 atom stereocenters. The first-order valence-corrected chi connectivity index (χ1v) is 11.4. The molecule has 0 saturated carbocycles. The summed E-state index contributed by atoms with van der Waals surface area (Å²) in [5.41, 5.74) is 1.71. The van der Waals surface area contributed by atoms with E-state index in [0.29, 0.717) is 31.9 Å². The fraction of sp³-hybridized carbons (Fsp3) is 0.429. The topological polar surface area (TPSA) is 91.7 Å². The first-order valence-electron chi connectivity index (χ1n) is 9.96. The third-order valence-electron chi connectivity index (χ3n) is 4.94. The Morgan fingerprint density at radius 1 is 1.07 bits per heavy atom. The number of nitrogens with zero attached hydrogens (tertiary/aromatic N) is 3. The summed E-state index contributed by atoms with van der Waals surface area (Å²) in [6.45, 7) is 8.74. The number of hydrogen-bond acceptors (Lipinski definition) is 4. The second-order valence-electron chi connectivity index (χ2n) is 6.95. The smallest absolute Gasteiger partial charge is 0.272 e. The Kier molecular flexibility index (Phi) is 7.80. The molecule has 0 spiro atoms. The van der Waals surface area contributed by atoms with Crippen molar-refractivity contribution in [3.63, 3.8) is 0 Å². The molecule has 2 aromatic rings. The highest BCUT2D eigenvalue weighted by atomic mass is 32.2. The van der Waals surface area contributed by atoms with Crippen molar-refractivity contribution in [2.45, 2.75) is 39.1 Å². The molecule has 2 amide bonds. The zero-order valence-corrected chi connectivity index (χ0v) is 19.0. The number of hydrogen-bond donors (Lipinski definition) is 1. The minimum absolute atomic E-state index is 0.0160. The minimum atomic E-state index is -3.65. The average molecular weight is 435 g/mol. The zero-order chi connectivity index (χ0) is 22.5. The molecule has 0 bridgehead atoms. The molecule has 2 rings (SSSR count). The van der Waals surface area contributed by atoms with Crippen molar-refractivity contribution in [3.8, 4) is 0 Å². The summed E-state index contributed by atoms with van der Waals surface area (Å²) in [6.07, 6.45) is 1.45. The molecule has 1 N–H and O–H groups in total. The molecule has 0 radical (unpaired) electrons. The van der Waals surface area contributed by atoms with Crippen LogP contribution in [0.3, 0.4) is 0 Å². The second-order valence-corrected chi connectivity index (χ2v) is 8.89. The van der Waals surface area contributed by atoms with Gasteiger partial charge in [0.25, 0.3) is 5.91 Å². The summed E-state index contributed by atoms with van der Waals surface area (Å²) < 4.78 is 28.3. The van der Waals surface area contributed by atoms with Crippen LogP contribution < -0.4 is 5.32 Å².